The van der Waals surface area contributed by atoms with Crippen LogP contribution in [0.4, 0.5) is 5.82 Å². The molecule has 0 saturated heterocycles. The Kier molecular flexibility index (Phi) is 4.67. The van der Waals surface area contributed by atoms with E-state index in [0.717, 1.165) is 28.2 Å². The highest BCUT2D eigenvalue weighted by Gasteiger charge is 2.22. The number of hydrogen-bond acceptors (Lipinski definition) is 3. The zero-order valence-electron chi connectivity index (χ0n) is 13.3. The monoisotopic (exact) mass is 347 g/mol. The molecule has 0 spiro atoms. The average molecular weight is 348 g/mol. The van der Waals surface area contributed by atoms with Crippen molar-refractivity contribution in [1.29, 1.82) is 0 Å². The summed E-state index contributed by atoms with van der Waals surface area (Å²) in [6.07, 6.45) is 0.743. The summed E-state index contributed by atoms with van der Waals surface area (Å²) >= 11 is 3.62. The molecule has 0 bridgehead atoms. The van der Waals surface area contributed by atoms with E-state index in [-0.39, 0.29) is 5.41 Å². The minimum absolute atomic E-state index is 0.0330. The first-order valence-corrected chi connectivity index (χ1v) is 7.90. The second kappa shape index (κ2) is 6.14. The smallest absolute Gasteiger partial charge is 0.144 e. The summed E-state index contributed by atoms with van der Waals surface area (Å²) in [6.45, 7) is 8.59. The van der Waals surface area contributed by atoms with Crippen LogP contribution in [0.15, 0.2) is 28.7 Å². The van der Waals surface area contributed by atoms with E-state index in [4.69, 9.17) is 4.98 Å². The van der Waals surface area contributed by atoms with E-state index in [1.165, 1.54) is 11.1 Å². The third-order valence-electron chi connectivity index (χ3n) is 3.29. The Hall–Kier alpha value is -1.42. The van der Waals surface area contributed by atoms with Crippen LogP contribution in [-0.4, -0.2) is 17.0 Å². The number of nitrogens with zero attached hydrogens (tertiary/aromatic N) is 2. The van der Waals surface area contributed by atoms with Crippen LogP contribution >= 0.6 is 15.9 Å². The van der Waals surface area contributed by atoms with Gasteiger partial charge in [0.2, 0.25) is 0 Å². The normalized spacial score (nSPS) is 11.5. The van der Waals surface area contributed by atoms with Gasteiger partial charge in [0.15, 0.2) is 0 Å². The van der Waals surface area contributed by atoms with Crippen molar-refractivity contribution in [1.82, 2.24) is 9.97 Å². The van der Waals surface area contributed by atoms with E-state index >= 15 is 0 Å². The van der Waals surface area contributed by atoms with Gasteiger partial charge in [-0.3, -0.25) is 0 Å². The lowest BCUT2D eigenvalue weighted by Crippen LogP contribution is -2.18. The van der Waals surface area contributed by atoms with Crippen molar-refractivity contribution < 1.29 is 0 Å². The van der Waals surface area contributed by atoms with E-state index in [9.17, 15) is 0 Å². The maximum Gasteiger partial charge on any atom is 0.144 e. The van der Waals surface area contributed by atoms with Crippen molar-refractivity contribution in [2.75, 3.05) is 12.4 Å². The summed E-state index contributed by atoms with van der Waals surface area (Å²) in [6, 6.07) is 8.48. The summed E-state index contributed by atoms with van der Waals surface area (Å²) in [5.74, 6) is 1.69. The lowest BCUT2D eigenvalue weighted by Gasteiger charge is -2.21. The highest BCUT2D eigenvalue weighted by molar-refractivity contribution is 9.10. The molecule has 0 saturated carbocycles. The molecular weight excluding hydrogens is 326 g/mol. The summed E-state index contributed by atoms with van der Waals surface area (Å²) in [5.41, 5.74) is 3.49. The van der Waals surface area contributed by atoms with Gasteiger partial charge in [0.05, 0.1) is 10.2 Å². The summed E-state index contributed by atoms with van der Waals surface area (Å²) in [7, 11) is 1.88. The first kappa shape index (κ1) is 16.0. The van der Waals surface area contributed by atoms with Gasteiger partial charge in [-0.1, -0.05) is 50.6 Å². The number of hydrogen-bond donors (Lipinski definition) is 1. The zero-order chi connectivity index (χ0) is 15.6. The SMILES string of the molecule is CNc1nc(Cc2cccc(C)c2)nc(C(C)(C)C)c1Br. The van der Waals surface area contributed by atoms with Crippen LogP contribution in [0.5, 0.6) is 0 Å². The standard InChI is InChI=1S/C17H22BrN3/c1-11-7-6-8-12(9-11)10-13-20-15(17(2,3)4)14(18)16(19-5)21-13/h6-9H,10H2,1-5H3,(H,19,20,21). The van der Waals surface area contributed by atoms with E-state index in [1.807, 2.05) is 7.05 Å². The van der Waals surface area contributed by atoms with Gasteiger partial charge < -0.3 is 5.32 Å². The van der Waals surface area contributed by atoms with Crippen molar-refractivity contribution in [2.45, 2.75) is 39.5 Å². The van der Waals surface area contributed by atoms with Crippen molar-refractivity contribution in [2.24, 2.45) is 0 Å². The lowest BCUT2D eigenvalue weighted by atomic mass is 9.91. The molecule has 112 valence electrons. The molecule has 2 aromatic rings. The molecule has 0 radical (unpaired) electrons. The van der Waals surface area contributed by atoms with E-state index in [1.54, 1.807) is 0 Å². The Morgan fingerprint density at radius 3 is 2.48 bits per heavy atom. The van der Waals surface area contributed by atoms with E-state index in [2.05, 4.69) is 78.2 Å². The molecule has 3 nitrogen and oxygen atoms in total. The van der Waals surface area contributed by atoms with Crippen molar-refractivity contribution in [3.63, 3.8) is 0 Å². The second-order valence-electron chi connectivity index (χ2n) is 6.32. The molecule has 1 N–H and O–H groups in total. The predicted octanol–water partition coefficient (Wildman–Crippen LogP) is 4.48. The summed E-state index contributed by atoms with van der Waals surface area (Å²) in [5, 5.41) is 3.15. The van der Waals surface area contributed by atoms with Gasteiger partial charge >= 0.3 is 0 Å². The van der Waals surface area contributed by atoms with Gasteiger partial charge in [-0.25, -0.2) is 9.97 Å². The number of benzene rings is 1. The molecule has 0 aliphatic heterocycles. The van der Waals surface area contributed by atoms with Crippen molar-refractivity contribution >= 4 is 21.7 Å². The maximum atomic E-state index is 4.78. The van der Waals surface area contributed by atoms with Gasteiger partial charge in [0, 0.05) is 18.9 Å². The van der Waals surface area contributed by atoms with E-state index in [0.29, 0.717) is 0 Å². The molecule has 0 atom stereocenters. The van der Waals surface area contributed by atoms with Crippen LogP contribution < -0.4 is 5.32 Å². The molecule has 0 fully saturated rings. The molecule has 1 heterocycles. The summed E-state index contributed by atoms with van der Waals surface area (Å²) in [4.78, 5) is 9.40. The van der Waals surface area contributed by atoms with Gasteiger partial charge in [0.1, 0.15) is 11.6 Å². The Morgan fingerprint density at radius 1 is 1.19 bits per heavy atom. The molecule has 0 aliphatic rings. The molecule has 0 aliphatic carbocycles. The van der Waals surface area contributed by atoms with Gasteiger partial charge in [-0.2, -0.15) is 0 Å². The topological polar surface area (TPSA) is 37.8 Å². The Bertz CT molecular complexity index is 645. The quantitative estimate of drug-likeness (QED) is 0.889. The number of rotatable bonds is 3. The minimum Gasteiger partial charge on any atom is -0.372 e. The van der Waals surface area contributed by atoms with Crippen LogP contribution in [0.2, 0.25) is 0 Å². The number of aromatic nitrogens is 2. The average Bonchev–Trinajstić information content (AvgIpc) is 2.39. The van der Waals surface area contributed by atoms with Crippen molar-refractivity contribution in [3.8, 4) is 0 Å². The Labute approximate surface area is 135 Å². The van der Waals surface area contributed by atoms with Crippen LogP contribution in [-0.2, 0) is 11.8 Å². The second-order valence-corrected chi connectivity index (χ2v) is 7.11. The van der Waals surface area contributed by atoms with Crippen molar-refractivity contribution in [3.05, 3.63) is 51.4 Å². The molecule has 21 heavy (non-hydrogen) atoms. The first-order valence-electron chi connectivity index (χ1n) is 7.11. The lowest BCUT2D eigenvalue weighted by molar-refractivity contribution is 0.559. The molecule has 4 heteroatoms. The highest BCUT2D eigenvalue weighted by atomic mass is 79.9. The van der Waals surface area contributed by atoms with Gasteiger partial charge in [-0.15, -0.1) is 0 Å². The third kappa shape index (κ3) is 3.82. The Morgan fingerprint density at radius 2 is 1.90 bits per heavy atom. The van der Waals surface area contributed by atoms with Crippen LogP contribution in [0.1, 0.15) is 43.4 Å². The van der Waals surface area contributed by atoms with Gasteiger partial charge in [0.25, 0.3) is 0 Å². The van der Waals surface area contributed by atoms with E-state index < -0.39 is 0 Å². The summed E-state index contributed by atoms with van der Waals surface area (Å²) < 4.78 is 0.950. The molecular formula is C17H22BrN3. The molecule has 2 rings (SSSR count). The molecule has 0 amide bonds. The predicted molar refractivity (Wildman–Crippen MR) is 92.0 cm³/mol. The highest BCUT2D eigenvalue weighted by Crippen LogP contribution is 2.32. The number of anilines is 1. The fraction of sp³-hybridized carbons (Fsp3) is 0.412. The molecule has 1 aromatic carbocycles. The first-order chi connectivity index (χ1) is 9.81. The minimum atomic E-state index is -0.0330. The zero-order valence-corrected chi connectivity index (χ0v) is 14.9. The third-order valence-corrected chi connectivity index (χ3v) is 4.04. The number of nitrogens with one attached hydrogen (secondary N) is 1. The van der Waals surface area contributed by atoms with Crippen LogP contribution in [0.3, 0.4) is 0 Å². The fourth-order valence-electron chi connectivity index (χ4n) is 2.24. The molecule has 1 aromatic heterocycles. The number of halogens is 1. The fourth-order valence-corrected chi connectivity index (χ4v) is 3.21. The number of aryl methyl sites for hydroxylation is 1. The Balaban J connectivity index is 2.45. The van der Waals surface area contributed by atoms with Gasteiger partial charge in [-0.05, 0) is 28.4 Å². The maximum absolute atomic E-state index is 4.78. The van der Waals surface area contributed by atoms with Crippen LogP contribution in [0, 0.1) is 6.92 Å². The largest absolute Gasteiger partial charge is 0.372 e. The molecule has 0 unspecified atom stereocenters. The van der Waals surface area contributed by atoms with Crippen LogP contribution in [0.25, 0.3) is 0 Å².